The van der Waals surface area contributed by atoms with Crippen LogP contribution in [0.4, 0.5) is 13.2 Å². The van der Waals surface area contributed by atoms with E-state index in [1.54, 1.807) is 0 Å². The van der Waals surface area contributed by atoms with Crippen LogP contribution in [0.3, 0.4) is 0 Å². The molecular weight excluding hydrogens is 259 g/mol. The number of ether oxygens (including phenoxy) is 1. The van der Waals surface area contributed by atoms with Gasteiger partial charge in [-0.3, -0.25) is 4.79 Å². The highest BCUT2D eigenvalue weighted by Gasteiger charge is 2.43. The molecule has 0 radical (unpaired) electrons. The molecule has 3 atom stereocenters. The SMILES string of the molecule is O=C(N[C@@H]1C[C@H]1c1ccc(C(F)(F)F)cc1)C1CO1. The molecule has 2 aliphatic rings. The number of carbonyl (C=O) groups excluding carboxylic acids is 1. The Morgan fingerprint density at radius 2 is 1.89 bits per heavy atom. The van der Waals surface area contributed by atoms with Crippen molar-refractivity contribution in [3.63, 3.8) is 0 Å². The molecule has 0 aromatic heterocycles. The van der Waals surface area contributed by atoms with E-state index >= 15 is 0 Å². The number of amides is 1. The van der Waals surface area contributed by atoms with E-state index in [2.05, 4.69) is 5.32 Å². The molecule has 1 saturated heterocycles. The lowest BCUT2D eigenvalue weighted by Crippen LogP contribution is -2.30. The fourth-order valence-corrected chi connectivity index (χ4v) is 2.12. The van der Waals surface area contributed by atoms with Gasteiger partial charge in [-0.15, -0.1) is 0 Å². The Hall–Kier alpha value is -1.56. The van der Waals surface area contributed by atoms with Crippen LogP contribution in [0.2, 0.25) is 0 Å². The molecule has 102 valence electrons. The smallest absolute Gasteiger partial charge is 0.363 e. The molecule has 1 heterocycles. The van der Waals surface area contributed by atoms with Crippen LogP contribution in [0, 0.1) is 0 Å². The predicted molar refractivity (Wildman–Crippen MR) is 60.5 cm³/mol. The summed E-state index contributed by atoms with van der Waals surface area (Å²) in [5.74, 6) is -0.00982. The normalized spacial score (nSPS) is 28.9. The van der Waals surface area contributed by atoms with Crippen LogP contribution in [0.25, 0.3) is 0 Å². The third kappa shape index (κ3) is 2.73. The Morgan fingerprint density at radius 3 is 2.42 bits per heavy atom. The largest absolute Gasteiger partial charge is 0.416 e. The highest BCUT2D eigenvalue weighted by atomic mass is 19.4. The summed E-state index contributed by atoms with van der Waals surface area (Å²) in [6.07, 6.45) is -3.86. The first-order valence-electron chi connectivity index (χ1n) is 6.04. The fraction of sp³-hybridized carbons (Fsp3) is 0.462. The number of rotatable bonds is 3. The van der Waals surface area contributed by atoms with Gasteiger partial charge in [0.25, 0.3) is 5.91 Å². The second-order valence-corrected chi connectivity index (χ2v) is 4.90. The zero-order chi connectivity index (χ0) is 13.6. The molecule has 1 aliphatic carbocycles. The summed E-state index contributed by atoms with van der Waals surface area (Å²) in [5, 5.41) is 2.82. The zero-order valence-electron chi connectivity index (χ0n) is 9.91. The van der Waals surface area contributed by atoms with Crippen LogP contribution in [0.5, 0.6) is 0 Å². The van der Waals surface area contributed by atoms with Gasteiger partial charge in [0.15, 0.2) is 6.10 Å². The molecule has 3 rings (SSSR count). The van der Waals surface area contributed by atoms with Crippen LogP contribution in [-0.4, -0.2) is 24.7 Å². The molecule has 1 amide bonds. The van der Waals surface area contributed by atoms with Gasteiger partial charge in [0.1, 0.15) is 0 Å². The number of carbonyl (C=O) groups is 1. The lowest BCUT2D eigenvalue weighted by molar-refractivity contribution is -0.137. The van der Waals surface area contributed by atoms with Gasteiger partial charge in [0, 0.05) is 12.0 Å². The number of alkyl halides is 3. The maximum Gasteiger partial charge on any atom is 0.416 e. The van der Waals surface area contributed by atoms with E-state index in [0.29, 0.717) is 6.61 Å². The number of benzene rings is 1. The summed E-state index contributed by atoms with van der Waals surface area (Å²) in [4.78, 5) is 11.4. The van der Waals surface area contributed by atoms with Gasteiger partial charge in [-0.05, 0) is 24.1 Å². The minimum atomic E-state index is -4.31. The van der Waals surface area contributed by atoms with Crippen LogP contribution in [0.15, 0.2) is 24.3 Å². The van der Waals surface area contributed by atoms with Crippen molar-refractivity contribution in [2.45, 2.75) is 30.7 Å². The predicted octanol–water partition coefficient (Wildman–Crippen LogP) is 2.08. The molecular formula is C13H12F3NO2. The highest BCUT2D eigenvalue weighted by molar-refractivity contribution is 5.83. The van der Waals surface area contributed by atoms with Crippen molar-refractivity contribution < 1.29 is 22.7 Å². The van der Waals surface area contributed by atoms with Crippen molar-refractivity contribution in [2.75, 3.05) is 6.61 Å². The topological polar surface area (TPSA) is 41.6 Å². The first-order chi connectivity index (χ1) is 8.95. The van der Waals surface area contributed by atoms with Crippen molar-refractivity contribution in [1.29, 1.82) is 0 Å². The Bertz CT molecular complexity index is 494. The van der Waals surface area contributed by atoms with E-state index in [4.69, 9.17) is 4.74 Å². The second kappa shape index (κ2) is 4.23. The Morgan fingerprint density at radius 1 is 1.26 bits per heavy atom. The average Bonchev–Trinajstić information content (AvgIpc) is 3.22. The fourth-order valence-electron chi connectivity index (χ4n) is 2.12. The maximum absolute atomic E-state index is 12.4. The van der Waals surface area contributed by atoms with Crippen molar-refractivity contribution in [3.05, 3.63) is 35.4 Å². The first-order valence-corrected chi connectivity index (χ1v) is 6.04. The lowest BCUT2D eigenvalue weighted by atomic mass is 10.1. The van der Waals surface area contributed by atoms with E-state index < -0.39 is 11.7 Å². The molecule has 0 bridgehead atoms. The maximum atomic E-state index is 12.4. The van der Waals surface area contributed by atoms with Crippen molar-refractivity contribution in [2.24, 2.45) is 0 Å². The highest BCUT2D eigenvalue weighted by Crippen LogP contribution is 2.41. The van der Waals surface area contributed by atoms with Crippen LogP contribution >= 0.6 is 0 Å². The number of epoxide rings is 1. The first kappa shape index (κ1) is 12.5. The minimum Gasteiger partial charge on any atom is -0.363 e. The van der Waals surface area contributed by atoms with E-state index in [0.717, 1.165) is 24.1 Å². The number of hydrogen-bond donors (Lipinski definition) is 1. The summed E-state index contributed by atoms with van der Waals surface area (Å²) in [7, 11) is 0. The van der Waals surface area contributed by atoms with E-state index in [-0.39, 0.29) is 24.0 Å². The van der Waals surface area contributed by atoms with E-state index in [9.17, 15) is 18.0 Å². The van der Waals surface area contributed by atoms with E-state index in [1.807, 2.05) is 0 Å². The second-order valence-electron chi connectivity index (χ2n) is 4.90. The number of halogens is 3. The molecule has 1 aromatic rings. The monoisotopic (exact) mass is 271 g/mol. The van der Waals surface area contributed by atoms with Gasteiger partial charge < -0.3 is 10.1 Å². The molecule has 19 heavy (non-hydrogen) atoms. The van der Waals surface area contributed by atoms with E-state index in [1.165, 1.54) is 12.1 Å². The summed E-state index contributed by atoms with van der Waals surface area (Å²) < 4.78 is 42.1. The molecule has 2 fully saturated rings. The van der Waals surface area contributed by atoms with Crippen molar-refractivity contribution in [3.8, 4) is 0 Å². The average molecular weight is 271 g/mol. The van der Waals surface area contributed by atoms with Crippen LogP contribution in [0.1, 0.15) is 23.5 Å². The van der Waals surface area contributed by atoms with Crippen molar-refractivity contribution in [1.82, 2.24) is 5.32 Å². The van der Waals surface area contributed by atoms with Gasteiger partial charge >= 0.3 is 6.18 Å². The standard InChI is InChI=1S/C13H12F3NO2/c14-13(15,16)8-3-1-7(2-4-8)9-5-10(9)17-12(18)11-6-19-11/h1-4,9-11H,5-6H2,(H,17,18)/t9-,10+,11?/m0/s1. The van der Waals surface area contributed by atoms with Gasteiger partial charge in [-0.2, -0.15) is 13.2 Å². The summed E-state index contributed by atoms with van der Waals surface area (Å²) >= 11 is 0. The van der Waals surface area contributed by atoms with Gasteiger partial charge in [0.05, 0.1) is 12.2 Å². The summed E-state index contributed by atoms with van der Waals surface area (Å²) in [6.45, 7) is 0.462. The summed E-state index contributed by atoms with van der Waals surface area (Å²) in [5.41, 5.74) is 0.180. The lowest BCUT2D eigenvalue weighted by Gasteiger charge is -2.07. The van der Waals surface area contributed by atoms with Gasteiger partial charge in [0.2, 0.25) is 0 Å². The van der Waals surface area contributed by atoms with Crippen LogP contribution in [-0.2, 0) is 15.7 Å². The molecule has 1 saturated carbocycles. The van der Waals surface area contributed by atoms with Gasteiger partial charge in [-0.1, -0.05) is 12.1 Å². The quantitative estimate of drug-likeness (QED) is 0.855. The minimum absolute atomic E-state index is 0.0217. The third-order valence-corrected chi connectivity index (χ3v) is 3.41. The number of hydrogen-bond acceptors (Lipinski definition) is 2. The Balaban J connectivity index is 1.60. The molecule has 1 aliphatic heterocycles. The molecule has 0 spiro atoms. The van der Waals surface area contributed by atoms with Crippen molar-refractivity contribution >= 4 is 5.91 Å². The van der Waals surface area contributed by atoms with Gasteiger partial charge in [-0.25, -0.2) is 0 Å². The molecule has 3 nitrogen and oxygen atoms in total. The Kier molecular flexibility index (Phi) is 2.78. The molecule has 6 heteroatoms. The van der Waals surface area contributed by atoms with Crippen LogP contribution < -0.4 is 5.32 Å². The molecule has 1 aromatic carbocycles. The molecule has 1 unspecified atom stereocenters. The Labute approximate surface area is 107 Å². The summed E-state index contributed by atoms with van der Waals surface area (Å²) in [6, 6.07) is 5.14. The number of nitrogens with one attached hydrogen (secondary N) is 1. The third-order valence-electron chi connectivity index (χ3n) is 3.41. The zero-order valence-corrected chi connectivity index (χ0v) is 9.91. The molecule has 1 N–H and O–H groups in total.